The summed E-state index contributed by atoms with van der Waals surface area (Å²) in [6, 6.07) is 6.56. The fourth-order valence-electron chi connectivity index (χ4n) is 3.30. The van der Waals surface area contributed by atoms with Gasteiger partial charge in [-0.3, -0.25) is 9.78 Å². The van der Waals surface area contributed by atoms with Crippen LogP contribution >= 0.6 is 0 Å². The number of hydrogen-bond donors (Lipinski definition) is 3. The highest BCUT2D eigenvalue weighted by Crippen LogP contribution is 2.32. The maximum atomic E-state index is 12.7. The fourth-order valence-corrected chi connectivity index (χ4v) is 3.30. The second kappa shape index (κ2) is 8.81. The zero-order valence-corrected chi connectivity index (χ0v) is 15.9. The van der Waals surface area contributed by atoms with Gasteiger partial charge in [0.05, 0.1) is 0 Å². The van der Waals surface area contributed by atoms with E-state index < -0.39 is 18.6 Å². The number of carbonyl (C=O) groups excluding carboxylic acids is 1. The van der Waals surface area contributed by atoms with Crippen LogP contribution < -0.4 is 16.0 Å². The molecule has 0 aliphatic carbocycles. The largest absolute Gasteiger partial charge is 0.405 e. The van der Waals surface area contributed by atoms with E-state index >= 15 is 0 Å². The van der Waals surface area contributed by atoms with Gasteiger partial charge in [0.1, 0.15) is 6.54 Å². The molecular weight excluding hydrogens is 395 g/mol. The first-order valence-electron chi connectivity index (χ1n) is 9.11. The monoisotopic (exact) mass is 415 g/mol. The Labute approximate surface area is 171 Å². The Morgan fingerprint density at radius 3 is 2.83 bits per heavy atom. The van der Waals surface area contributed by atoms with Crippen molar-refractivity contribution in [1.82, 2.24) is 4.98 Å². The molecule has 0 saturated heterocycles. The standard InChI is InChI=1S/C21H20F3N5O/c22-21(23,24)13-29-8-6-14-9-17(2-3-19(14)29)28-20(30)4-1-15-12-27-7-5-18(15)16(10-25)11-26/h1-5,7,9-12,25H,6,8,13,26H2,(H,28,30)/b4-1+,16-11?,25-10?. The Hall–Kier alpha value is -3.62. The lowest BCUT2D eigenvalue weighted by molar-refractivity contribution is -0.119. The topological polar surface area (TPSA) is 95.1 Å². The molecule has 6 nitrogen and oxygen atoms in total. The first-order chi connectivity index (χ1) is 14.3. The van der Waals surface area contributed by atoms with Gasteiger partial charge in [-0.2, -0.15) is 13.2 Å². The normalized spacial score (nSPS) is 14.1. The third-order valence-electron chi connectivity index (χ3n) is 4.62. The summed E-state index contributed by atoms with van der Waals surface area (Å²) in [5, 5.41) is 10.1. The number of pyridine rings is 1. The van der Waals surface area contributed by atoms with Crippen molar-refractivity contribution in [3.63, 3.8) is 0 Å². The molecule has 2 heterocycles. The summed E-state index contributed by atoms with van der Waals surface area (Å²) < 4.78 is 38.0. The summed E-state index contributed by atoms with van der Waals surface area (Å²) in [7, 11) is 0. The van der Waals surface area contributed by atoms with Crippen molar-refractivity contribution < 1.29 is 18.0 Å². The number of amides is 1. The van der Waals surface area contributed by atoms with E-state index in [1.807, 2.05) is 0 Å². The van der Waals surface area contributed by atoms with Gasteiger partial charge in [0.2, 0.25) is 5.91 Å². The minimum atomic E-state index is -4.26. The van der Waals surface area contributed by atoms with Gasteiger partial charge in [0.25, 0.3) is 0 Å². The highest BCUT2D eigenvalue weighted by molar-refractivity contribution is 6.10. The number of alkyl halides is 3. The second-order valence-electron chi connectivity index (χ2n) is 6.68. The number of nitrogens with zero attached hydrogens (tertiary/aromatic N) is 2. The molecule has 3 rings (SSSR count). The van der Waals surface area contributed by atoms with Gasteiger partial charge >= 0.3 is 6.18 Å². The van der Waals surface area contributed by atoms with Crippen molar-refractivity contribution in [2.24, 2.45) is 5.73 Å². The molecule has 4 N–H and O–H groups in total. The number of aromatic nitrogens is 1. The zero-order chi connectivity index (χ0) is 21.7. The van der Waals surface area contributed by atoms with E-state index in [0.29, 0.717) is 41.0 Å². The summed E-state index contributed by atoms with van der Waals surface area (Å²) in [6.07, 6.45) is 4.63. The van der Waals surface area contributed by atoms with Crippen molar-refractivity contribution in [3.8, 4) is 0 Å². The van der Waals surface area contributed by atoms with Gasteiger partial charge in [-0.25, -0.2) is 0 Å². The second-order valence-corrected chi connectivity index (χ2v) is 6.68. The van der Waals surface area contributed by atoms with Crippen molar-refractivity contribution in [2.45, 2.75) is 12.6 Å². The molecule has 1 aromatic carbocycles. The van der Waals surface area contributed by atoms with Crippen molar-refractivity contribution in [2.75, 3.05) is 23.3 Å². The lowest BCUT2D eigenvalue weighted by Crippen LogP contribution is -2.32. The predicted octanol–water partition coefficient (Wildman–Crippen LogP) is 3.61. The fraction of sp³-hybridized carbons (Fsp3) is 0.190. The molecule has 0 atom stereocenters. The van der Waals surface area contributed by atoms with E-state index in [9.17, 15) is 18.0 Å². The van der Waals surface area contributed by atoms with Crippen LogP contribution in [-0.2, 0) is 11.2 Å². The van der Waals surface area contributed by atoms with Gasteiger partial charge in [-0.1, -0.05) is 0 Å². The predicted molar refractivity (Wildman–Crippen MR) is 111 cm³/mol. The molecule has 9 heteroatoms. The molecule has 30 heavy (non-hydrogen) atoms. The minimum Gasteiger partial charge on any atom is -0.404 e. The van der Waals surface area contributed by atoms with Gasteiger partial charge in [0, 0.05) is 59.9 Å². The number of rotatable bonds is 6. The molecule has 1 amide bonds. The summed E-state index contributed by atoms with van der Waals surface area (Å²) in [6.45, 7) is -0.698. The molecule has 2 aromatic rings. The highest BCUT2D eigenvalue weighted by atomic mass is 19.4. The molecule has 0 spiro atoms. The zero-order valence-electron chi connectivity index (χ0n) is 15.9. The number of nitrogens with two attached hydrogens (primary N) is 1. The van der Waals surface area contributed by atoms with Crippen molar-refractivity contribution in [3.05, 3.63) is 65.6 Å². The van der Waals surface area contributed by atoms with Gasteiger partial charge < -0.3 is 21.4 Å². The molecule has 1 aliphatic rings. The van der Waals surface area contributed by atoms with Crippen LogP contribution in [0.2, 0.25) is 0 Å². The minimum absolute atomic E-state index is 0.292. The first-order valence-corrected chi connectivity index (χ1v) is 9.11. The quantitative estimate of drug-likeness (QED) is 0.496. The summed E-state index contributed by atoms with van der Waals surface area (Å²) in [5.74, 6) is -0.400. The average molecular weight is 415 g/mol. The van der Waals surface area contributed by atoms with Crippen molar-refractivity contribution in [1.29, 1.82) is 5.41 Å². The number of nitrogens with one attached hydrogen (secondary N) is 2. The maximum Gasteiger partial charge on any atom is 0.405 e. The number of anilines is 2. The summed E-state index contributed by atoms with van der Waals surface area (Å²) in [5.41, 5.74) is 9.09. The van der Waals surface area contributed by atoms with Crippen LogP contribution in [-0.4, -0.2) is 36.4 Å². The first kappa shape index (κ1) is 21.1. The molecule has 0 fully saturated rings. The molecule has 0 unspecified atom stereocenters. The van der Waals surface area contributed by atoms with Gasteiger partial charge in [-0.05, 0) is 47.9 Å². The van der Waals surface area contributed by atoms with Crippen LogP contribution in [0, 0.1) is 5.41 Å². The van der Waals surface area contributed by atoms with Crippen LogP contribution in [0.3, 0.4) is 0 Å². The van der Waals surface area contributed by atoms with E-state index in [1.54, 1.807) is 42.7 Å². The molecule has 0 bridgehead atoms. The molecule has 156 valence electrons. The van der Waals surface area contributed by atoms with E-state index in [-0.39, 0.29) is 0 Å². The van der Waals surface area contributed by atoms with Crippen LogP contribution in [0.5, 0.6) is 0 Å². The van der Waals surface area contributed by atoms with Gasteiger partial charge in [-0.15, -0.1) is 0 Å². The number of allylic oxidation sites excluding steroid dienone is 1. The summed E-state index contributed by atoms with van der Waals surface area (Å²) in [4.78, 5) is 17.6. The lowest BCUT2D eigenvalue weighted by atomic mass is 10.0. The molecule has 0 radical (unpaired) electrons. The summed E-state index contributed by atoms with van der Waals surface area (Å²) >= 11 is 0. The lowest BCUT2D eigenvalue weighted by Gasteiger charge is -2.21. The third-order valence-corrected chi connectivity index (χ3v) is 4.62. The molecular formula is C21H20F3N5O. The van der Waals surface area contributed by atoms with Crippen LogP contribution in [0.25, 0.3) is 11.6 Å². The average Bonchev–Trinajstić information content (AvgIpc) is 3.08. The van der Waals surface area contributed by atoms with E-state index in [4.69, 9.17) is 11.1 Å². The Balaban J connectivity index is 1.70. The van der Waals surface area contributed by atoms with Crippen molar-refractivity contribution >= 4 is 35.1 Å². The number of carbonyl (C=O) groups is 1. The number of fused-ring (bicyclic) bond motifs is 1. The van der Waals surface area contributed by atoms with E-state index in [0.717, 1.165) is 11.8 Å². The number of hydrogen-bond acceptors (Lipinski definition) is 5. The smallest absolute Gasteiger partial charge is 0.404 e. The third kappa shape index (κ3) is 5.05. The SMILES string of the molecule is N=CC(=CN)c1ccncc1/C=C/C(=O)Nc1ccc2c(c1)CCN2CC(F)(F)F. The number of halogens is 3. The van der Waals surface area contributed by atoms with Crippen LogP contribution in [0.4, 0.5) is 24.5 Å². The van der Waals surface area contributed by atoms with E-state index in [1.165, 1.54) is 17.2 Å². The van der Waals surface area contributed by atoms with Crippen LogP contribution in [0.15, 0.2) is 48.9 Å². The highest BCUT2D eigenvalue weighted by Gasteiger charge is 2.33. The van der Waals surface area contributed by atoms with Gasteiger partial charge in [0.15, 0.2) is 0 Å². The Morgan fingerprint density at radius 1 is 1.33 bits per heavy atom. The maximum absolute atomic E-state index is 12.7. The Kier molecular flexibility index (Phi) is 6.20. The Morgan fingerprint density at radius 2 is 2.13 bits per heavy atom. The molecule has 1 aliphatic heterocycles. The molecule has 0 saturated carbocycles. The van der Waals surface area contributed by atoms with Crippen LogP contribution in [0.1, 0.15) is 16.7 Å². The van der Waals surface area contributed by atoms with E-state index in [2.05, 4.69) is 10.3 Å². The number of benzene rings is 1. The Bertz CT molecular complexity index is 1010. The molecule has 1 aromatic heterocycles.